The van der Waals surface area contributed by atoms with Crippen LogP contribution in [0.1, 0.15) is 54.7 Å². The highest BCUT2D eigenvalue weighted by molar-refractivity contribution is 5.83. The maximum absolute atomic E-state index is 12.6. The fourth-order valence-corrected chi connectivity index (χ4v) is 4.40. The van der Waals surface area contributed by atoms with Gasteiger partial charge in [0, 0.05) is 11.9 Å². The lowest BCUT2D eigenvalue weighted by atomic mass is 9.72. The summed E-state index contributed by atoms with van der Waals surface area (Å²) in [7, 11) is 1.50. The predicted octanol–water partition coefficient (Wildman–Crippen LogP) is 4.01. The largest absolute Gasteiger partial charge is 0.468 e. The summed E-state index contributed by atoms with van der Waals surface area (Å²) in [6.07, 6.45) is 8.21. The molecule has 1 aliphatic rings. The zero-order valence-electron chi connectivity index (χ0n) is 18.0. The van der Waals surface area contributed by atoms with E-state index in [1.54, 1.807) is 0 Å². The van der Waals surface area contributed by atoms with E-state index in [4.69, 9.17) is 4.74 Å². The lowest BCUT2D eigenvalue weighted by Gasteiger charge is -2.40. The van der Waals surface area contributed by atoms with E-state index >= 15 is 0 Å². The Labute approximate surface area is 174 Å². The Morgan fingerprint density at radius 1 is 1.10 bits per heavy atom. The van der Waals surface area contributed by atoms with Crippen LogP contribution >= 0.6 is 0 Å². The van der Waals surface area contributed by atoms with Crippen LogP contribution in [-0.4, -0.2) is 47.6 Å². The van der Waals surface area contributed by atoms with Crippen LogP contribution in [0.2, 0.25) is 0 Å². The van der Waals surface area contributed by atoms with Crippen LogP contribution in [0.3, 0.4) is 0 Å². The number of aryl methyl sites for hydroxylation is 3. The second-order valence-electron chi connectivity index (χ2n) is 8.12. The third kappa shape index (κ3) is 5.21. The molecule has 1 aromatic carbocycles. The van der Waals surface area contributed by atoms with E-state index in [2.05, 4.69) is 33.9 Å². The van der Waals surface area contributed by atoms with Gasteiger partial charge in [0.15, 0.2) is 0 Å². The maximum Gasteiger partial charge on any atom is 0.316 e. The monoisotopic (exact) mass is 395 g/mol. The van der Waals surface area contributed by atoms with Crippen molar-refractivity contribution in [1.82, 2.24) is 14.9 Å². The number of piperidine rings is 1. The van der Waals surface area contributed by atoms with Gasteiger partial charge in [0.1, 0.15) is 5.82 Å². The average Bonchev–Trinajstić information content (AvgIpc) is 2.75. The number of hydrogen-bond acceptors (Lipinski definition) is 5. The molecule has 5 nitrogen and oxygen atoms in total. The molecule has 0 aliphatic carbocycles. The van der Waals surface area contributed by atoms with Crippen molar-refractivity contribution in [1.29, 1.82) is 0 Å². The topological polar surface area (TPSA) is 55.3 Å². The normalized spacial score (nSPS) is 16.5. The Morgan fingerprint density at radius 3 is 2.48 bits per heavy atom. The molecule has 156 valence electrons. The van der Waals surface area contributed by atoms with Gasteiger partial charge in [0.05, 0.1) is 12.5 Å². The zero-order valence-corrected chi connectivity index (χ0v) is 18.0. The fraction of sp³-hybridized carbons (Fsp3) is 0.542. The number of methoxy groups -OCH3 is 1. The van der Waals surface area contributed by atoms with Crippen LogP contribution in [0.15, 0.2) is 36.5 Å². The fourth-order valence-electron chi connectivity index (χ4n) is 4.40. The average molecular weight is 396 g/mol. The van der Waals surface area contributed by atoms with E-state index in [1.807, 2.05) is 31.3 Å². The second kappa shape index (κ2) is 9.97. The molecule has 0 radical (unpaired) electrons. The van der Waals surface area contributed by atoms with Crippen molar-refractivity contribution in [2.75, 3.05) is 26.7 Å². The van der Waals surface area contributed by atoms with Crippen LogP contribution in [0, 0.1) is 13.8 Å². The van der Waals surface area contributed by atoms with Crippen molar-refractivity contribution < 1.29 is 9.53 Å². The van der Waals surface area contributed by atoms with E-state index in [0.29, 0.717) is 0 Å². The summed E-state index contributed by atoms with van der Waals surface area (Å²) in [6, 6.07) is 10.1. The highest BCUT2D eigenvalue weighted by Gasteiger charge is 2.43. The Morgan fingerprint density at radius 2 is 1.83 bits per heavy atom. The molecule has 2 aromatic rings. The Balaban J connectivity index is 1.45. The molecule has 2 heterocycles. The number of likely N-dealkylation sites (tertiary alicyclic amines) is 1. The molecule has 1 saturated heterocycles. The first kappa shape index (κ1) is 21.4. The number of carbonyl (C=O) groups excluding carboxylic acids is 1. The van der Waals surface area contributed by atoms with Gasteiger partial charge in [-0.05, 0) is 76.7 Å². The third-order valence-corrected chi connectivity index (χ3v) is 6.23. The zero-order chi connectivity index (χ0) is 20.7. The molecule has 0 unspecified atom stereocenters. The number of nitrogens with zero attached hydrogens (tertiary/aromatic N) is 3. The molecule has 3 rings (SSSR count). The van der Waals surface area contributed by atoms with E-state index in [1.165, 1.54) is 25.5 Å². The summed E-state index contributed by atoms with van der Waals surface area (Å²) in [5, 5.41) is 0. The van der Waals surface area contributed by atoms with Gasteiger partial charge in [-0.15, -0.1) is 0 Å². The molecule has 0 spiro atoms. The van der Waals surface area contributed by atoms with Crippen molar-refractivity contribution >= 4 is 5.97 Å². The lowest BCUT2D eigenvalue weighted by molar-refractivity contribution is -0.149. The minimum atomic E-state index is -0.491. The van der Waals surface area contributed by atoms with Gasteiger partial charge in [-0.1, -0.05) is 36.8 Å². The van der Waals surface area contributed by atoms with Crippen LogP contribution in [-0.2, 0) is 21.4 Å². The number of carbonyl (C=O) groups is 1. The first-order valence-corrected chi connectivity index (χ1v) is 10.7. The molecular weight excluding hydrogens is 362 g/mol. The van der Waals surface area contributed by atoms with E-state index in [9.17, 15) is 4.79 Å². The minimum Gasteiger partial charge on any atom is -0.468 e. The maximum atomic E-state index is 12.6. The lowest BCUT2D eigenvalue weighted by Crippen LogP contribution is -2.48. The SMILES string of the molecule is COC(=O)C1(c2ccccc2)CCN(CCCCCc2cnc(C)nc2C)CC1. The van der Waals surface area contributed by atoms with Gasteiger partial charge in [-0.2, -0.15) is 0 Å². The smallest absolute Gasteiger partial charge is 0.316 e. The molecule has 0 bridgehead atoms. The van der Waals surface area contributed by atoms with Crippen molar-refractivity contribution in [2.24, 2.45) is 0 Å². The van der Waals surface area contributed by atoms with Crippen molar-refractivity contribution in [3.05, 3.63) is 59.2 Å². The predicted molar refractivity (Wildman–Crippen MR) is 115 cm³/mol. The van der Waals surface area contributed by atoms with Gasteiger partial charge >= 0.3 is 5.97 Å². The first-order chi connectivity index (χ1) is 14.0. The molecule has 5 heteroatoms. The number of unbranched alkanes of at least 4 members (excludes halogenated alkanes) is 2. The Hall–Kier alpha value is -2.27. The quantitative estimate of drug-likeness (QED) is 0.499. The Bertz CT molecular complexity index is 799. The van der Waals surface area contributed by atoms with Crippen molar-refractivity contribution in [3.63, 3.8) is 0 Å². The van der Waals surface area contributed by atoms with Gasteiger partial charge in [0.25, 0.3) is 0 Å². The number of benzene rings is 1. The molecule has 0 amide bonds. The van der Waals surface area contributed by atoms with Gasteiger partial charge in [-0.3, -0.25) is 4.79 Å². The number of esters is 1. The Kier molecular flexibility index (Phi) is 7.37. The number of aromatic nitrogens is 2. The molecule has 1 aromatic heterocycles. The standard InChI is InChI=1S/C24H33N3O2/c1-19-21(18-25-20(2)26-19)10-6-5-9-15-27-16-13-24(14-17-27,23(28)29-3)22-11-7-4-8-12-22/h4,7-8,11-12,18H,5-6,9-10,13-17H2,1-3H3. The number of ether oxygens (including phenoxy) is 1. The molecule has 1 aliphatic heterocycles. The van der Waals surface area contributed by atoms with Crippen LogP contribution in [0.25, 0.3) is 0 Å². The summed E-state index contributed by atoms with van der Waals surface area (Å²) in [5.41, 5.74) is 2.96. The van der Waals surface area contributed by atoms with Gasteiger partial charge in [0.2, 0.25) is 0 Å². The number of rotatable bonds is 8. The van der Waals surface area contributed by atoms with Crippen molar-refractivity contribution in [3.8, 4) is 0 Å². The minimum absolute atomic E-state index is 0.0981. The molecule has 0 saturated carbocycles. The van der Waals surface area contributed by atoms with Gasteiger partial charge in [-0.25, -0.2) is 9.97 Å². The molecule has 1 fully saturated rings. The summed E-state index contributed by atoms with van der Waals surface area (Å²) in [5.74, 6) is 0.744. The summed E-state index contributed by atoms with van der Waals surface area (Å²) >= 11 is 0. The highest BCUT2D eigenvalue weighted by atomic mass is 16.5. The van der Waals surface area contributed by atoms with Crippen LogP contribution in [0.4, 0.5) is 0 Å². The third-order valence-electron chi connectivity index (χ3n) is 6.23. The van der Waals surface area contributed by atoms with Crippen LogP contribution < -0.4 is 0 Å². The molecule has 0 N–H and O–H groups in total. The van der Waals surface area contributed by atoms with E-state index in [0.717, 1.165) is 62.4 Å². The van der Waals surface area contributed by atoms with E-state index < -0.39 is 5.41 Å². The van der Waals surface area contributed by atoms with Gasteiger partial charge < -0.3 is 9.64 Å². The molecule has 0 atom stereocenters. The second-order valence-corrected chi connectivity index (χ2v) is 8.12. The summed E-state index contributed by atoms with van der Waals surface area (Å²) < 4.78 is 5.19. The van der Waals surface area contributed by atoms with E-state index in [-0.39, 0.29) is 5.97 Å². The first-order valence-electron chi connectivity index (χ1n) is 10.7. The molecular formula is C24H33N3O2. The summed E-state index contributed by atoms with van der Waals surface area (Å²) in [6.45, 7) is 6.97. The van der Waals surface area contributed by atoms with Crippen LogP contribution in [0.5, 0.6) is 0 Å². The highest BCUT2D eigenvalue weighted by Crippen LogP contribution is 2.36. The number of hydrogen-bond donors (Lipinski definition) is 0. The summed E-state index contributed by atoms with van der Waals surface area (Å²) in [4.78, 5) is 23.9. The molecule has 29 heavy (non-hydrogen) atoms. The van der Waals surface area contributed by atoms with Crippen molar-refractivity contribution in [2.45, 2.75) is 57.8 Å².